The molecule has 5 nitrogen and oxygen atoms in total. The van der Waals surface area contributed by atoms with E-state index in [-0.39, 0.29) is 18.0 Å². The van der Waals surface area contributed by atoms with Crippen LogP contribution in [0.15, 0.2) is 0 Å². The van der Waals surface area contributed by atoms with Crippen molar-refractivity contribution in [1.82, 2.24) is 10.6 Å². The average Bonchev–Trinajstić information content (AvgIpc) is 2.37. The molecule has 1 aliphatic carbocycles. The van der Waals surface area contributed by atoms with Crippen LogP contribution in [0.2, 0.25) is 0 Å². The minimum atomic E-state index is -0.926. The third-order valence-electron chi connectivity index (χ3n) is 3.77. The molecule has 0 aromatic rings. The van der Waals surface area contributed by atoms with E-state index in [4.69, 9.17) is 0 Å². The predicted molar refractivity (Wildman–Crippen MR) is 74.0 cm³/mol. The second-order valence-electron chi connectivity index (χ2n) is 5.52. The van der Waals surface area contributed by atoms with Crippen LogP contribution in [0.1, 0.15) is 58.8 Å². The zero-order valence-corrected chi connectivity index (χ0v) is 11.9. The molecular formula is C14H26N2O3. The highest BCUT2D eigenvalue weighted by Crippen LogP contribution is 2.26. The van der Waals surface area contributed by atoms with Gasteiger partial charge in [0.05, 0.1) is 0 Å². The molecule has 0 spiro atoms. The van der Waals surface area contributed by atoms with E-state index in [0.717, 1.165) is 38.5 Å². The summed E-state index contributed by atoms with van der Waals surface area (Å²) in [7, 11) is 0. The van der Waals surface area contributed by atoms with Gasteiger partial charge in [-0.1, -0.05) is 32.6 Å². The van der Waals surface area contributed by atoms with Crippen molar-refractivity contribution >= 4 is 12.0 Å². The van der Waals surface area contributed by atoms with E-state index >= 15 is 0 Å². The Bertz CT molecular complexity index is 301. The van der Waals surface area contributed by atoms with E-state index in [1.54, 1.807) is 0 Å². The third kappa shape index (κ3) is 5.49. The van der Waals surface area contributed by atoms with Crippen molar-refractivity contribution < 1.29 is 14.7 Å². The summed E-state index contributed by atoms with van der Waals surface area (Å²) in [4.78, 5) is 23.1. The molecule has 2 atom stereocenters. The van der Waals surface area contributed by atoms with Gasteiger partial charge in [0.15, 0.2) is 0 Å². The maximum atomic E-state index is 11.8. The number of carboxylic acids is 1. The molecule has 0 aromatic heterocycles. The zero-order chi connectivity index (χ0) is 14.3. The van der Waals surface area contributed by atoms with Crippen LogP contribution in [-0.2, 0) is 4.79 Å². The summed E-state index contributed by atoms with van der Waals surface area (Å²) >= 11 is 0. The summed E-state index contributed by atoms with van der Waals surface area (Å²) in [5, 5.41) is 14.7. The molecule has 0 bridgehead atoms. The predicted octanol–water partition coefficient (Wildman–Crippen LogP) is 2.51. The Hall–Kier alpha value is -1.26. The summed E-state index contributed by atoms with van der Waals surface area (Å²) in [5.41, 5.74) is 0. The Morgan fingerprint density at radius 2 is 1.84 bits per heavy atom. The van der Waals surface area contributed by atoms with E-state index in [0.29, 0.717) is 0 Å². The molecule has 2 amide bonds. The average molecular weight is 270 g/mol. The number of aliphatic carboxylic acids is 1. The van der Waals surface area contributed by atoms with Crippen LogP contribution in [0, 0.1) is 5.92 Å². The number of carbonyl (C=O) groups is 2. The molecule has 5 heteroatoms. The van der Waals surface area contributed by atoms with Crippen LogP contribution in [0.4, 0.5) is 4.79 Å². The minimum Gasteiger partial charge on any atom is -0.480 e. The molecule has 0 aliphatic heterocycles. The van der Waals surface area contributed by atoms with Gasteiger partial charge in [0.2, 0.25) is 0 Å². The lowest BCUT2D eigenvalue weighted by atomic mass is 9.84. The van der Waals surface area contributed by atoms with Crippen LogP contribution in [0.25, 0.3) is 0 Å². The number of hydrogen-bond donors (Lipinski definition) is 3. The SMILES string of the molecule is CCCC(C)NC(=O)NC(C(=O)O)C1CCCCC1. The van der Waals surface area contributed by atoms with Crippen LogP contribution >= 0.6 is 0 Å². The van der Waals surface area contributed by atoms with Gasteiger partial charge in [0.1, 0.15) is 6.04 Å². The maximum Gasteiger partial charge on any atom is 0.326 e. The molecule has 3 N–H and O–H groups in total. The van der Waals surface area contributed by atoms with E-state index in [1.807, 2.05) is 6.92 Å². The second kappa shape index (κ2) is 8.02. The minimum absolute atomic E-state index is 0.0680. The molecule has 0 aromatic carbocycles. The van der Waals surface area contributed by atoms with Crippen molar-refractivity contribution in [3.63, 3.8) is 0 Å². The monoisotopic (exact) mass is 270 g/mol. The second-order valence-corrected chi connectivity index (χ2v) is 5.52. The fraction of sp³-hybridized carbons (Fsp3) is 0.857. The van der Waals surface area contributed by atoms with Crippen molar-refractivity contribution in [3.05, 3.63) is 0 Å². The largest absolute Gasteiger partial charge is 0.480 e. The molecule has 1 rings (SSSR count). The molecule has 0 heterocycles. The molecule has 1 saturated carbocycles. The highest BCUT2D eigenvalue weighted by atomic mass is 16.4. The molecule has 110 valence electrons. The zero-order valence-electron chi connectivity index (χ0n) is 11.9. The number of carboxylic acid groups (broad SMARTS) is 1. The van der Waals surface area contributed by atoms with Gasteiger partial charge in [-0.15, -0.1) is 0 Å². The van der Waals surface area contributed by atoms with Crippen molar-refractivity contribution in [2.75, 3.05) is 0 Å². The van der Waals surface area contributed by atoms with E-state index in [9.17, 15) is 14.7 Å². The van der Waals surface area contributed by atoms with Gasteiger partial charge in [-0.2, -0.15) is 0 Å². The topological polar surface area (TPSA) is 78.4 Å². The number of rotatable bonds is 6. The quantitative estimate of drug-likeness (QED) is 0.694. The number of carbonyl (C=O) groups excluding carboxylic acids is 1. The Morgan fingerprint density at radius 1 is 1.21 bits per heavy atom. The van der Waals surface area contributed by atoms with Crippen molar-refractivity contribution in [1.29, 1.82) is 0 Å². The normalized spacial score (nSPS) is 19.5. The van der Waals surface area contributed by atoms with E-state index in [1.165, 1.54) is 6.42 Å². The number of nitrogens with one attached hydrogen (secondary N) is 2. The first-order chi connectivity index (χ1) is 9.04. The van der Waals surface area contributed by atoms with Gasteiger partial charge in [-0.05, 0) is 32.1 Å². The molecule has 1 fully saturated rings. The Morgan fingerprint density at radius 3 is 2.37 bits per heavy atom. The molecule has 0 saturated heterocycles. The van der Waals surface area contributed by atoms with E-state index < -0.39 is 12.0 Å². The Kier molecular flexibility index (Phi) is 6.67. The summed E-state index contributed by atoms with van der Waals surface area (Å²) in [6.45, 7) is 3.98. The fourth-order valence-corrected chi connectivity index (χ4v) is 2.76. The number of hydrogen-bond acceptors (Lipinski definition) is 2. The first-order valence-electron chi connectivity index (χ1n) is 7.34. The smallest absolute Gasteiger partial charge is 0.326 e. The summed E-state index contributed by atoms with van der Waals surface area (Å²) in [5.74, 6) is -0.858. The summed E-state index contributed by atoms with van der Waals surface area (Å²) in [6, 6.07) is -1.04. The van der Waals surface area contributed by atoms with Crippen LogP contribution in [0.5, 0.6) is 0 Å². The van der Waals surface area contributed by atoms with E-state index in [2.05, 4.69) is 17.6 Å². The lowest BCUT2D eigenvalue weighted by molar-refractivity contribution is -0.141. The third-order valence-corrected chi connectivity index (χ3v) is 3.77. The van der Waals surface area contributed by atoms with Gasteiger partial charge >= 0.3 is 12.0 Å². The van der Waals surface area contributed by atoms with Gasteiger partial charge in [-0.3, -0.25) is 0 Å². The lowest BCUT2D eigenvalue weighted by Gasteiger charge is -2.28. The van der Waals surface area contributed by atoms with Gasteiger partial charge in [-0.25, -0.2) is 9.59 Å². The molecule has 19 heavy (non-hydrogen) atoms. The first kappa shape index (κ1) is 15.8. The van der Waals surface area contributed by atoms with Crippen molar-refractivity contribution in [3.8, 4) is 0 Å². The number of urea groups is 1. The summed E-state index contributed by atoms with van der Waals surface area (Å²) < 4.78 is 0. The van der Waals surface area contributed by atoms with Gasteiger partial charge < -0.3 is 15.7 Å². The molecule has 0 radical (unpaired) electrons. The van der Waals surface area contributed by atoms with Crippen LogP contribution < -0.4 is 10.6 Å². The fourth-order valence-electron chi connectivity index (χ4n) is 2.76. The van der Waals surface area contributed by atoms with Gasteiger partial charge in [0.25, 0.3) is 0 Å². The standard InChI is InChI=1S/C14H26N2O3/c1-3-7-10(2)15-14(19)16-12(13(17)18)11-8-5-4-6-9-11/h10-12H,3-9H2,1-2H3,(H,17,18)(H2,15,16,19). The maximum absolute atomic E-state index is 11.8. The number of amides is 2. The van der Waals surface area contributed by atoms with Crippen LogP contribution in [-0.4, -0.2) is 29.2 Å². The highest BCUT2D eigenvalue weighted by molar-refractivity contribution is 5.82. The Balaban J connectivity index is 2.48. The molecular weight excluding hydrogens is 244 g/mol. The van der Waals surface area contributed by atoms with Gasteiger partial charge in [0, 0.05) is 6.04 Å². The lowest BCUT2D eigenvalue weighted by Crippen LogP contribution is -2.51. The molecule has 1 aliphatic rings. The van der Waals surface area contributed by atoms with Crippen molar-refractivity contribution in [2.45, 2.75) is 70.9 Å². The molecule has 2 unspecified atom stereocenters. The van der Waals surface area contributed by atoms with Crippen LogP contribution in [0.3, 0.4) is 0 Å². The summed E-state index contributed by atoms with van der Waals surface area (Å²) in [6.07, 6.45) is 6.96. The first-order valence-corrected chi connectivity index (χ1v) is 7.34. The highest BCUT2D eigenvalue weighted by Gasteiger charge is 2.30. The Labute approximate surface area is 115 Å². The van der Waals surface area contributed by atoms with Crippen molar-refractivity contribution in [2.24, 2.45) is 5.92 Å².